The number of hydrogen-bond acceptors (Lipinski definition) is 6. The van der Waals surface area contributed by atoms with Crippen molar-refractivity contribution in [3.05, 3.63) is 29.3 Å². The zero-order valence-corrected chi connectivity index (χ0v) is 18.3. The second-order valence-corrected chi connectivity index (χ2v) is 8.60. The summed E-state index contributed by atoms with van der Waals surface area (Å²) in [7, 11) is 3.24. The van der Waals surface area contributed by atoms with Gasteiger partial charge in [0, 0.05) is 57.5 Å². The van der Waals surface area contributed by atoms with Gasteiger partial charge in [-0.15, -0.1) is 0 Å². The van der Waals surface area contributed by atoms with Gasteiger partial charge >= 0.3 is 6.03 Å². The SMILES string of the molecule is CN1C(=O)C2C(N=CN2CCCCN2CCN(c3cccc(Cl)c3)CC2)N(C)C1=O. The smallest absolute Gasteiger partial charge is 0.328 e. The average molecular weight is 433 g/mol. The lowest BCUT2D eigenvalue weighted by atomic mass is 10.1. The summed E-state index contributed by atoms with van der Waals surface area (Å²) in [5.74, 6) is -0.169. The fourth-order valence-corrected chi connectivity index (χ4v) is 4.62. The molecule has 0 aliphatic carbocycles. The number of amides is 3. The Morgan fingerprint density at radius 2 is 1.80 bits per heavy atom. The summed E-state index contributed by atoms with van der Waals surface area (Å²) in [5.41, 5.74) is 1.19. The molecule has 2 atom stereocenters. The number of benzene rings is 1. The predicted molar refractivity (Wildman–Crippen MR) is 118 cm³/mol. The van der Waals surface area contributed by atoms with Crippen LogP contribution in [-0.4, -0.2) is 103 Å². The molecule has 1 aromatic carbocycles. The van der Waals surface area contributed by atoms with E-state index >= 15 is 0 Å². The van der Waals surface area contributed by atoms with Crippen LogP contribution in [0.3, 0.4) is 0 Å². The zero-order valence-electron chi connectivity index (χ0n) is 17.6. The van der Waals surface area contributed by atoms with E-state index in [0.29, 0.717) is 0 Å². The second-order valence-electron chi connectivity index (χ2n) is 8.17. The number of imide groups is 1. The van der Waals surface area contributed by atoms with E-state index in [-0.39, 0.29) is 18.0 Å². The fourth-order valence-electron chi connectivity index (χ4n) is 4.43. The molecule has 30 heavy (non-hydrogen) atoms. The Morgan fingerprint density at radius 1 is 1.07 bits per heavy atom. The van der Waals surface area contributed by atoms with E-state index in [1.807, 2.05) is 23.1 Å². The molecular weight excluding hydrogens is 404 g/mol. The van der Waals surface area contributed by atoms with Crippen LogP contribution in [0.1, 0.15) is 12.8 Å². The number of aliphatic imine (C=N–C) groups is 1. The normalized spacial score (nSPS) is 24.8. The molecule has 9 heteroatoms. The molecule has 3 heterocycles. The predicted octanol–water partition coefficient (Wildman–Crippen LogP) is 1.80. The number of unbranched alkanes of at least 4 members (excludes halogenated alkanes) is 1. The van der Waals surface area contributed by atoms with Gasteiger partial charge in [0.15, 0.2) is 12.2 Å². The highest BCUT2D eigenvalue weighted by atomic mass is 35.5. The number of anilines is 1. The fraction of sp³-hybridized carbons (Fsp3) is 0.571. The van der Waals surface area contributed by atoms with Gasteiger partial charge in [-0.25, -0.2) is 9.79 Å². The Bertz CT molecular complexity index is 825. The molecule has 0 aromatic heterocycles. The minimum Gasteiger partial charge on any atom is -0.369 e. The van der Waals surface area contributed by atoms with Crippen molar-refractivity contribution in [2.45, 2.75) is 25.0 Å². The zero-order chi connectivity index (χ0) is 21.3. The molecule has 4 rings (SSSR count). The van der Waals surface area contributed by atoms with Gasteiger partial charge in [-0.2, -0.15) is 0 Å². The number of halogens is 1. The molecular formula is C21H29ClN6O2. The third-order valence-corrected chi connectivity index (χ3v) is 6.50. The summed E-state index contributed by atoms with van der Waals surface area (Å²) in [6.07, 6.45) is 3.39. The molecule has 3 aliphatic heterocycles. The van der Waals surface area contributed by atoms with Crippen LogP contribution >= 0.6 is 11.6 Å². The number of carbonyl (C=O) groups excluding carboxylic acids is 2. The van der Waals surface area contributed by atoms with Crippen molar-refractivity contribution < 1.29 is 9.59 Å². The van der Waals surface area contributed by atoms with Crippen LogP contribution in [0, 0.1) is 0 Å². The molecule has 3 aliphatic rings. The third-order valence-electron chi connectivity index (χ3n) is 6.26. The van der Waals surface area contributed by atoms with E-state index in [0.717, 1.165) is 57.1 Å². The van der Waals surface area contributed by atoms with E-state index in [9.17, 15) is 9.59 Å². The van der Waals surface area contributed by atoms with Crippen LogP contribution in [0.15, 0.2) is 29.3 Å². The van der Waals surface area contributed by atoms with Gasteiger partial charge in [0.05, 0.1) is 6.34 Å². The van der Waals surface area contributed by atoms with Gasteiger partial charge in [0.1, 0.15) is 0 Å². The van der Waals surface area contributed by atoms with Crippen LogP contribution in [0.4, 0.5) is 10.5 Å². The van der Waals surface area contributed by atoms with Crippen molar-refractivity contribution in [2.75, 3.05) is 58.3 Å². The lowest BCUT2D eigenvalue weighted by Gasteiger charge is -2.39. The molecule has 1 aromatic rings. The Morgan fingerprint density at radius 3 is 2.53 bits per heavy atom. The molecule has 0 radical (unpaired) electrons. The monoisotopic (exact) mass is 432 g/mol. The summed E-state index contributed by atoms with van der Waals surface area (Å²) in [5, 5.41) is 0.779. The molecule has 8 nitrogen and oxygen atoms in total. The molecule has 2 saturated heterocycles. The quantitative estimate of drug-likeness (QED) is 0.641. The molecule has 0 saturated carbocycles. The number of nitrogens with zero attached hydrogens (tertiary/aromatic N) is 6. The molecule has 162 valence electrons. The van der Waals surface area contributed by atoms with Crippen molar-refractivity contribution in [1.29, 1.82) is 0 Å². The molecule has 2 unspecified atom stereocenters. The van der Waals surface area contributed by atoms with E-state index < -0.39 is 6.17 Å². The Balaban J connectivity index is 1.20. The van der Waals surface area contributed by atoms with Gasteiger partial charge in [-0.3, -0.25) is 14.6 Å². The van der Waals surface area contributed by atoms with Gasteiger partial charge in [-0.1, -0.05) is 17.7 Å². The number of hydrogen-bond donors (Lipinski definition) is 0. The topological polar surface area (TPSA) is 62.7 Å². The van der Waals surface area contributed by atoms with Gasteiger partial charge in [0.2, 0.25) is 0 Å². The molecule has 3 amide bonds. The number of carbonyl (C=O) groups is 2. The largest absolute Gasteiger partial charge is 0.369 e. The van der Waals surface area contributed by atoms with E-state index in [1.165, 1.54) is 17.6 Å². The second kappa shape index (κ2) is 8.81. The number of fused-ring (bicyclic) bond motifs is 1. The molecule has 2 fully saturated rings. The highest BCUT2D eigenvalue weighted by molar-refractivity contribution is 6.30. The van der Waals surface area contributed by atoms with Crippen LogP contribution < -0.4 is 4.90 Å². The molecule has 0 bridgehead atoms. The first kappa shape index (κ1) is 20.9. The van der Waals surface area contributed by atoms with Crippen molar-refractivity contribution in [3.8, 4) is 0 Å². The first-order chi connectivity index (χ1) is 14.5. The Labute approximate surface area is 182 Å². The van der Waals surface area contributed by atoms with Gasteiger partial charge in [0.25, 0.3) is 5.91 Å². The summed E-state index contributed by atoms with van der Waals surface area (Å²) >= 11 is 6.11. The summed E-state index contributed by atoms with van der Waals surface area (Å²) < 4.78 is 0. The van der Waals surface area contributed by atoms with E-state index in [1.54, 1.807) is 18.3 Å². The number of likely N-dealkylation sites (N-methyl/N-ethyl adjacent to an activating group) is 2. The maximum atomic E-state index is 12.6. The lowest BCUT2D eigenvalue weighted by Crippen LogP contribution is -2.63. The third kappa shape index (κ3) is 4.11. The first-order valence-corrected chi connectivity index (χ1v) is 10.9. The number of piperazine rings is 1. The minimum atomic E-state index is -0.402. The van der Waals surface area contributed by atoms with Crippen LogP contribution in [0.2, 0.25) is 5.02 Å². The first-order valence-electron chi connectivity index (χ1n) is 10.5. The van der Waals surface area contributed by atoms with Crippen LogP contribution in [-0.2, 0) is 4.79 Å². The lowest BCUT2D eigenvalue weighted by molar-refractivity contribution is -0.136. The Hall–Kier alpha value is -2.32. The maximum Gasteiger partial charge on any atom is 0.328 e. The maximum absolute atomic E-state index is 12.6. The highest BCUT2D eigenvalue weighted by Gasteiger charge is 2.48. The number of urea groups is 1. The number of rotatable bonds is 6. The summed E-state index contributed by atoms with van der Waals surface area (Å²) in [6.45, 7) is 5.91. The van der Waals surface area contributed by atoms with Crippen molar-refractivity contribution in [2.24, 2.45) is 4.99 Å². The highest BCUT2D eigenvalue weighted by Crippen LogP contribution is 2.25. The summed E-state index contributed by atoms with van der Waals surface area (Å²) in [6, 6.07) is 7.36. The Kier molecular flexibility index (Phi) is 6.15. The summed E-state index contributed by atoms with van der Waals surface area (Å²) in [4.78, 5) is 38.6. The standard InChI is InChI=1S/C21H29ClN6O2/c1-24-19-18(20(29)25(2)21(24)30)28(15-23-19)9-4-3-8-26-10-12-27(13-11-26)17-7-5-6-16(22)14-17/h5-7,14-15,18-19H,3-4,8-13H2,1-2H3. The van der Waals surface area contributed by atoms with Gasteiger partial charge < -0.3 is 14.7 Å². The van der Waals surface area contributed by atoms with Crippen LogP contribution in [0.25, 0.3) is 0 Å². The van der Waals surface area contributed by atoms with E-state index in [2.05, 4.69) is 20.9 Å². The van der Waals surface area contributed by atoms with Crippen molar-refractivity contribution in [3.63, 3.8) is 0 Å². The van der Waals surface area contributed by atoms with Crippen molar-refractivity contribution >= 4 is 35.6 Å². The molecule has 0 N–H and O–H groups in total. The van der Waals surface area contributed by atoms with Gasteiger partial charge in [-0.05, 0) is 37.6 Å². The van der Waals surface area contributed by atoms with Crippen LogP contribution in [0.5, 0.6) is 0 Å². The van der Waals surface area contributed by atoms with Crippen molar-refractivity contribution in [1.82, 2.24) is 19.6 Å². The minimum absolute atomic E-state index is 0.169. The molecule has 0 spiro atoms. The van der Waals surface area contributed by atoms with E-state index in [4.69, 9.17) is 11.6 Å². The average Bonchev–Trinajstić information content (AvgIpc) is 3.18.